The minimum Gasteiger partial charge on any atom is -0.480 e. The smallest absolute Gasteiger partial charge is 0.326 e. The number of amides is 1. The van der Waals surface area contributed by atoms with Crippen LogP contribution in [-0.2, 0) is 4.79 Å². The second-order valence-corrected chi connectivity index (χ2v) is 4.69. The molecular weight excluding hydrogens is 268 g/mol. The van der Waals surface area contributed by atoms with Gasteiger partial charge in [-0.1, -0.05) is 13.8 Å². The highest BCUT2D eigenvalue weighted by molar-refractivity contribution is 5.98. The summed E-state index contributed by atoms with van der Waals surface area (Å²) in [6.07, 6.45) is 0.203. The largest absolute Gasteiger partial charge is 0.480 e. The first-order chi connectivity index (χ1) is 9.22. The Bertz CT molecular complexity index is 630. The second kappa shape index (κ2) is 6.04. The van der Waals surface area contributed by atoms with Gasteiger partial charge in [0.15, 0.2) is 0 Å². The summed E-state index contributed by atoms with van der Waals surface area (Å²) in [5.41, 5.74) is 2.65. The average molecular weight is 284 g/mol. The fourth-order valence-electron chi connectivity index (χ4n) is 1.60. The third-order valence-electron chi connectivity index (χ3n) is 2.52. The summed E-state index contributed by atoms with van der Waals surface area (Å²) in [7, 11) is 0. The van der Waals surface area contributed by atoms with Crippen molar-refractivity contribution >= 4 is 17.6 Å². The van der Waals surface area contributed by atoms with E-state index < -0.39 is 40.5 Å². The normalized spacial score (nSPS) is 12.2. The van der Waals surface area contributed by atoms with Crippen LogP contribution in [0.4, 0.5) is 5.69 Å². The van der Waals surface area contributed by atoms with Crippen molar-refractivity contribution in [3.05, 3.63) is 26.5 Å². The van der Waals surface area contributed by atoms with Crippen molar-refractivity contribution in [1.29, 1.82) is 0 Å². The Hall–Kier alpha value is -2.58. The van der Waals surface area contributed by atoms with Gasteiger partial charge in [0.25, 0.3) is 11.5 Å². The highest BCUT2D eigenvalue weighted by Crippen LogP contribution is 2.07. The van der Waals surface area contributed by atoms with Crippen LogP contribution < -0.4 is 22.3 Å². The molecule has 0 fully saturated rings. The van der Waals surface area contributed by atoms with E-state index >= 15 is 0 Å². The first kappa shape index (κ1) is 15.5. The van der Waals surface area contributed by atoms with E-state index in [1.807, 2.05) is 4.98 Å². The van der Waals surface area contributed by atoms with Gasteiger partial charge in [-0.3, -0.25) is 14.6 Å². The summed E-state index contributed by atoms with van der Waals surface area (Å²) in [6, 6.07) is -1.13. The quantitative estimate of drug-likeness (QED) is 0.460. The maximum atomic E-state index is 11.9. The molecule has 9 nitrogen and oxygen atoms in total. The summed E-state index contributed by atoms with van der Waals surface area (Å²) < 4.78 is 0. The Morgan fingerprint density at radius 3 is 2.40 bits per heavy atom. The van der Waals surface area contributed by atoms with Gasteiger partial charge in [-0.25, -0.2) is 9.59 Å². The number of nitrogen functional groups attached to an aromatic ring is 1. The number of carboxylic acid groups (broad SMARTS) is 1. The number of aromatic amines is 2. The lowest BCUT2D eigenvalue weighted by molar-refractivity contribution is -0.139. The maximum Gasteiger partial charge on any atom is 0.326 e. The number of nitrogens with two attached hydrogens (primary N) is 1. The van der Waals surface area contributed by atoms with Gasteiger partial charge in [0.05, 0.1) is 0 Å². The van der Waals surface area contributed by atoms with Crippen molar-refractivity contribution < 1.29 is 14.7 Å². The Balaban J connectivity index is 3.04. The van der Waals surface area contributed by atoms with Gasteiger partial charge in [0.1, 0.15) is 17.4 Å². The average Bonchev–Trinajstić information content (AvgIpc) is 2.32. The predicted molar refractivity (Wildman–Crippen MR) is 70.4 cm³/mol. The molecular formula is C11H16N4O5. The van der Waals surface area contributed by atoms with Crippen LogP contribution in [0, 0.1) is 5.92 Å². The lowest BCUT2D eigenvalue weighted by atomic mass is 10.0. The molecule has 0 spiro atoms. The fraction of sp³-hybridized carbons (Fsp3) is 0.455. The Labute approximate surface area is 113 Å². The van der Waals surface area contributed by atoms with Gasteiger partial charge in [-0.05, 0) is 12.3 Å². The summed E-state index contributed by atoms with van der Waals surface area (Å²) >= 11 is 0. The number of hydrogen-bond acceptors (Lipinski definition) is 5. The lowest BCUT2D eigenvalue weighted by Crippen LogP contribution is -2.43. The Morgan fingerprint density at radius 2 is 1.90 bits per heavy atom. The zero-order valence-electron chi connectivity index (χ0n) is 11.0. The molecule has 110 valence electrons. The molecule has 0 bridgehead atoms. The molecule has 0 aliphatic heterocycles. The van der Waals surface area contributed by atoms with Crippen molar-refractivity contribution in [3.8, 4) is 0 Å². The number of carbonyl (C=O) groups excluding carboxylic acids is 1. The Kier molecular flexibility index (Phi) is 4.68. The zero-order valence-corrected chi connectivity index (χ0v) is 11.0. The molecule has 1 aromatic rings. The highest BCUT2D eigenvalue weighted by Gasteiger charge is 2.23. The maximum absolute atomic E-state index is 11.9. The van der Waals surface area contributed by atoms with E-state index in [0.717, 1.165) is 0 Å². The molecule has 1 aromatic heterocycles. The molecule has 0 saturated carbocycles. The van der Waals surface area contributed by atoms with Crippen LogP contribution in [0.1, 0.15) is 30.8 Å². The van der Waals surface area contributed by atoms with Gasteiger partial charge in [0.2, 0.25) is 0 Å². The molecule has 1 rings (SSSR count). The number of carbonyl (C=O) groups is 2. The van der Waals surface area contributed by atoms with Gasteiger partial charge in [-0.2, -0.15) is 0 Å². The van der Waals surface area contributed by atoms with Crippen molar-refractivity contribution in [2.24, 2.45) is 5.92 Å². The predicted octanol–water partition coefficient (Wildman–Crippen LogP) is -1.13. The molecule has 0 saturated heterocycles. The number of aliphatic carboxylic acids is 1. The molecule has 1 atom stereocenters. The summed E-state index contributed by atoms with van der Waals surface area (Å²) in [5, 5.41) is 11.2. The van der Waals surface area contributed by atoms with Crippen LogP contribution in [0.2, 0.25) is 0 Å². The number of H-pyrrole nitrogens is 2. The topological polar surface area (TPSA) is 158 Å². The van der Waals surface area contributed by atoms with Gasteiger partial charge < -0.3 is 21.1 Å². The third kappa shape index (κ3) is 3.70. The Morgan fingerprint density at radius 1 is 1.30 bits per heavy atom. The van der Waals surface area contributed by atoms with E-state index in [2.05, 4.69) is 10.3 Å². The third-order valence-corrected chi connectivity index (χ3v) is 2.52. The molecule has 0 radical (unpaired) electrons. The van der Waals surface area contributed by atoms with E-state index in [-0.39, 0.29) is 12.3 Å². The molecule has 20 heavy (non-hydrogen) atoms. The minimum absolute atomic E-state index is 0.0342. The van der Waals surface area contributed by atoms with Crippen LogP contribution in [0.15, 0.2) is 9.59 Å². The molecule has 6 N–H and O–H groups in total. The number of rotatable bonds is 5. The summed E-state index contributed by atoms with van der Waals surface area (Å²) in [5.74, 6) is -2.09. The number of carboxylic acids is 1. The summed E-state index contributed by atoms with van der Waals surface area (Å²) in [6.45, 7) is 3.59. The minimum atomic E-state index is -1.21. The summed E-state index contributed by atoms with van der Waals surface area (Å²) in [4.78, 5) is 49.2. The van der Waals surface area contributed by atoms with Crippen molar-refractivity contribution in [3.63, 3.8) is 0 Å². The van der Waals surface area contributed by atoms with Crippen LogP contribution in [0.3, 0.4) is 0 Å². The van der Waals surface area contributed by atoms with Crippen molar-refractivity contribution in [1.82, 2.24) is 15.3 Å². The first-order valence-electron chi connectivity index (χ1n) is 5.88. The number of nitrogens with one attached hydrogen (secondary N) is 3. The molecule has 9 heteroatoms. The van der Waals surface area contributed by atoms with Crippen LogP contribution in [-0.4, -0.2) is 33.0 Å². The molecule has 1 amide bonds. The molecule has 0 aromatic carbocycles. The van der Waals surface area contributed by atoms with E-state index in [1.54, 1.807) is 13.8 Å². The van der Waals surface area contributed by atoms with Crippen LogP contribution in [0.5, 0.6) is 0 Å². The van der Waals surface area contributed by atoms with Crippen LogP contribution >= 0.6 is 0 Å². The highest BCUT2D eigenvalue weighted by atomic mass is 16.4. The first-order valence-corrected chi connectivity index (χ1v) is 5.88. The van der Waals surface area contributed by atoms with Gasteiger partial charge in [0, 0.05) is 0 Å². The molecule has 0 unspecified atom stereocenters. The standard InChI is InChI=1S/C11H16N4O5/c1-4(2)3-5(10(18)19)13-9(17)7-6(12)8(16)15-11(20)14-7/h4-5H,3,12H2,1-2H3,(H,13,17)(H,18,19)(H2,14,15,16,20)/t5-/m1/s1. The SMILES string of the molecule is CC(C)C[C@@H](NC(=O)c1[nH]c(=O)[nH]c(=O)c1N)C(=O)O. The van der Waals surface area contributed by atoms with E-state index in [0.29, 0.717) is 0 Å². The zero-order chi connectivity index (χ0) is 15.4. The van der Waals surface area contributed by atoms with Gasteiger partial charge >= 0.3 is 11.7 Å². The molecule has 1 heterocycles. The number of aromatic nitrogens is 2. The second-order valence-electron chi connectivity index (χ2n) is 4.69. The van der Waals surface area contributed by atoms with E-state index in [9.17, 15) is 19.2 Å². The van der Waals surface area contributed by atoms with Crippen molar-refractivity contribution in [2.75, 3.05) is 5.73 Å². The van der Waals surface area contributed by atoms with E-state index in [1.165, 1.54) is 0 Å². The molecule has 0 aliphatic rings. The van der Waals surface area contributed by atoms with E-state index in [4.69, 9.17) is 10.8 Å². The van der Waals surface area contributed by atoms with Gasteiger partial charge in [-0.15, -0.1) is 0 Å². The van der Waals surface area contributed by atoms with Crippen molar-refractivity contribution in [2.45, 2.75) is 26.3 Å². The lowest BCUT2D eigenvalue weighted by Gasteiger charge is -2.16. The number of anilines is 1. The monoisotopic (exact) mass is 284 g/mol. The number of hydrogen-bond donors (Lipinski definition) is 5. The van der Waals surface area contributed by atoms with Crippen LogP contribution in [0.25, 0.3) is 0 Å². The molecule has 0 aliphatic carbocycles. The fourth-order valence-corrected chi connectivity index (χ4v) is 1.60.